The Morgan fingerprint density at radius 3 is 2.64 bits per heavy atom. The molecular weight excluding hydrogens is 396 g/mol. The first-order chi connectivity index (χ1) is 13.6. The van der Waals surface area contributed by atoms with E-state index < -0.39 is 6.10 Å². The molecule has 1 atom stereocenters. The molecule has 0 radical (unpaired) electrons. The summed E-state index contributed by atoms with van der Waals surface area (Å²) in [6.45, 7) is 1.90. The zero-order chi connectivity index (χ0) is 19.9. The van der Waals surface area contributed by atoms with Gasteiger partial charge >= 0.3 is 0 Å². The van der Waals surface area contributed by atoms with Gasteiger partial charge in [-0.2, -0.15) is 0 Å². The molecule has 1 aromatic heterocycles. The SMILES string of the molecule is CCC(Oc1ccc(OC)cc1)C(=O)Nc1ncc(Cc2cccc(Cl)c2)s1. The Morgan fingerprint density at radius 2 is 1.96 bits per heavy atom. The number of aromatic nitrogens is 1. The molecule has 0 bridgehead atoms. The summed E-state index contributed by atoms with van der Waals surface area (Å²) >= 11 is 7.47. The predicted octanol–water partition coefficient (Wildman–Crippen LogP) is 5.19. The van der Waals surface area contributed by atoms with E-state index >= 15 is 0 Å². The van der Waals surface area contributed by atoms with E-state index in [9.17, 15) is 4.79 Å². The number of carbonyl (C=O) groups excluding carboxylic acids is 1. The molecule has 3 aromatic rings. The largest absolute Gasteiger partial charge is 0.497 e. The van der Waals surface area contributed by atoms with Crippen molar-refractivity contribution in [2.45, 2.75) is 25.9 Å². The lowest BCUT2D eigenvalue weighted by Crippen LogP contribution is -2.32. The van der Waals surface area contributed by atoms with E-state index in [-0.39, 0.29) is 5.91 Å². The third kappa shape index (κ3) is 5.47. The summed E-state index contributed by atoms with van der Waals surface area (Å²) in [7, 11) is 1.60. The van der Waals surface area contributed by atoms with Gasteiger partial charge in [0.2, 0.25) is 0 Å². The first kappa shape index (κ1) is 20.2. The summed E-state index contributed by atoms with van der Waals surface area (Å²) in [6, 6.07) is 14.9. The van der Waals surface area contributed by atoms with Gasteiger partial charge in [-0.3, -0.25) is 10.1 Å². The molecule has 0 fully saturated rings. The standard InChI is InChI=1S/C21H21ClN2O3S/c1-3-19(27-17-9-7-16(26-2)8-10-17)20(25)24-21-23-13-18(28-21)12-14-5-4-6-15(22)11-14/h4-11,13,19H,3,12H2,1-2H3,(H,23,24,25). The van der Waals surface area contributed by atoms with Gasteiger partial charge in [0.1, 0.15) is 11.5 Å². The number of amides is 1. The Morgan fingerprint density at radius 1 is 1.21 bits per heavy atom. The van der Waals surface area contributed by atoms with Crippen LogP contribution in [0, 0.1) is 0 Å². The van der Waals surface area contributed by atoms with Crippen molar-refractivity contribution in [3.8, 4) is 11.5 Å². The molecule has 1 unspecified atom stereocenters. The zero-order valence-electron chi connectivity index (χ0n) is 15.6. The number of rotatable bonds is 8. The second kappa shape index (κ2) is 9.57. The number of anilines is 1. The minimum absolute atomic E-state index is 0.220. The second-order valence-electron chi connectivity index (χ2n) is 6.12. The molecule has 5 nitrogen and oxygen atoms in total. The Kier molecular flexibility index (Phi) is 6.90. The fraction of sp³-hybridized carbons (Fsp3) is 0.238. The van der Waals surface area contributed by atoms with Crippen LogP contribution in [0.25, 0.3) is 0 Å². The first-order valence-electron chi connectivity index (χ1n) is 8.88. The van der Waals surface area contributed by atoms with Gasteiger partial charge in [0.15, 0.2) is 11.2 Å². The van der Waals surface area contributed by atoms with Gasteiger partial charge in [-0.05, 0) is 48.4 Å². The number of halogens is 1. The van der Waals surface area contributed by atoms with Crippen LogP contribution >= 0.6 is 22.9 Å². The summed E-state index contributed by atoms with van der Waals surface area (Å²) in [5.74, 6) is 1.13. The summed E-state index contributed by atoms with van der Waals surface area (Å²) in [4.78, 5) is 17.9. The number of hydrogen-bond acceptors (Lipinski definition) is 5. The number of nitrogens with zero attached hydrogens (tertiary/aromatic N) is 1. The van der Waals surface area contributed by atoms with Crippen molar-refractivity contribution in [2.75, 3.05) is 12.4 Å². The summed E-state index contributed by atoms with van der Waals surface area (Å²) in [5.41, 5.74) is 1.10. The smallest absolute Gasteiger partial charge is 0.267 e. The maximum Gasteiger partial charge on any atom is 0.267 e. The second-order valence-corrected chi connectivity index (χ2v) is 7.67. The van der Waals surface area contributed by atoms with Gasteiger partial charge in [0, 0.05) is 22.5 Å². The summed E-state index contributed by atoms with van der Waals surface area (Å²) in [6.07, 6.45) is 2.42. The van der Waals surface area contributed by atoms with Gasteiger partial charge in [-0.1, -0.05) is 30.7 Å². The number of nitrogens with one attached hydrogen (secondary N) is 1. The fourth-order valence-corrected chi connectivity index (χ4v) is 3.68. The lowest BCUT2D eigenvalue weighted by atomic mass is 10.1. The van der Waals surface area contributed by atoms with Crippen LogP contribution in [-0.2, 0) is 11.2 Å². The van der Waals surface area contributed by atoms with Crippen molar-refractivity contribution < 1.29 is 14.3 Å². The van der Waals surface area contributed by atoms with Crippen molar-refractivity contribution in [3.63, 3.8) is 0 Å². The molecule has 1 amide bonds. The first-order valence-corrected chi connectivity index (χ1v) is 10.1. The van der Waals surface area contributed by atoms with E-state index in [4.69, 9.17) is 21.1 Å². The van der Waals surface area contributed by atoms with Gasteiger partial charge < -0.3 is 9.47 Å². The molecule has 0 spiro atoms. The van der Waals surface area contributed by atoms with Crippen LogP contribution in [0.15, 0.2) is 54.7 Å². The molecule has 1 heterocycles. The molecule has 146 valence electrons. The van der Waals surface area contributed by atoms with E-state index in [1.165, 1.54) is 11.3 Å². The van der Waals surface area contributed by atoms with Crippen LogP contribution in [0.1, 0.15) is 23.8 Å². The quantitative estimate of drug-likeness (QED) is 0.548. The van der Waals surface area contributed by atoms with Gasteiger partial charge in [0.05, 0.1) is 7.11 Å². The molecule has 0 aliphatic carbocycles. The van der Waals surface area contributed by atoms with E-state index in [1.54, 1.807) is 37.6 Å². The summed E-state index contributed by atoms with van der Waals surface area (Å²) in [5, 5.41) is 4.11. The number of thiazole rings is 1. The maximum atomic E-state index is 12.6. The Labute approximate surface area is 173 Å². The molecule has 0 saturated carbocycles. The predicted molar refractivity (Wildman–Crippen MR) is 113 cm³/mol. The molecule has 0 aliphatic rings. The van der Waals surface area contributed by atoms with Crippen molar-refractivity contribution >= 4 is 34.0 Å². The number of hydrogen-bond donors (Lipinski definition) is 1. The molecule has 7 heteroatoms. The minimum atomic E-state index is -0.603. The van der Waals surface area contributed by atoms with E-state index in [0.717, 1.165) is 16.2 Å². The third-order valence-corrected chi connectivity index (χ3v) is 5.20. The topological polar surface area (TPSA) is 60.5 Å². The highest BCUT2D eigenvalue weighted by molar-refractivity contribution is 7.15. The molecule has 0 saturated heterocycles. The highest BCUT2D eigenvalue weighted by Crippen LogP contribution is 2.24. The van der Waals surface area contributed by atoms with Crippen molar-refractivity contribution in [1.29, 1.82) is 0 Å². The normalized spacial score (nSPS) is 11.7. The molecule has 2 aromatic carbocycles. The number of benzene rings is 2. The molecule has 28 heavy (non-hydrogen) atoms. The minimum Gasteiger partial charge on any atom is -0.497 e. The summed E-state index contributed by atoms with van der Waals surface area (Å²) < 4.78 is 10.9. The van der Waals surface area contributed by atoms with Crippen molar-refractivity contribution in [1.82, 2.24) is 4.98 Å². The highest BCUT2D eigenvalue weighted by Gasteiger charge is 2.20. The Balaban J connectivity index is 1.60. The van der Waals surface area contributed by atoms with E-state index in [1.807, 2.05) is 31.2 Å². The molecule has 1 N–H and O–H groups in total. The fourth-order valence-electron chi connectivity index (χ4n) is 2.62. The van der Waals surface area contributed by atoms with Gasteiger partial charge in [0.25, 0.3) is 5.91 Å². The highest BCUT2D eigenvalue weighted by atomic mass is 35.5. The van der Waals surface area contributed by atoms with Crippen LogP contribution in [0.3, 0.4) is 0 Å². The van der Waals surface area contributed by atoms with E-state index in [2.05, 4.69) is 10.3 Å². The van der Waals surface area contributed by atoms with Crippen LogP contribution in [0.2, 0.25) is 5.02 Å². The number of methoxy groups -OCH3 is 1. The number of carbonyl (C=O) groups is 1. The van der Waals surface area contributed by atoms with Crippen LogP contribution in [0.4, 0.5) is 5.13 Å². The molecule has 3 rings (SSSR count). The molecule has 0 aliphatic heterocycles. The molecular formula is C21H21ClN2O3S. The average molecular weight is 417 g/mol. The van der Waals surface area contributed by atoms with Crippen LogP contribution in [-0.4, -0.2) is 24.1 Å². The Hall–Kier alpha value is -2.57. The van der Waals surface area contributed by atoms with Gasteiger partial charge in [-0.15, -0.1) is 11.3 Å². The third-order valence-electron chi connectivity index (χ3n) is 4.05. The lowest BCUT2D eigenvalue weighted by molar-refractivity contribution is -0.122. The van der Waals surface area contributed by atoms with Crippen molar-refractivity contribution in [2.24, 2.45) is 0 Å². The van der Waals surface area contributed by atoms with E-state index in [0.29, 0.717) is 28.7 Å². The number of ether oxygens (including phenoxy) is 2. The van der Waals surface area contributed by atoms with Crippen LogP contribution in [0.5, 0.6) is 11.5 Å². The average Bonchev–Trinajstić information content (AvgIpc) is 3.13. The maximum absolute atomic E-state index is 12.6. The van der Waals surface area contributed by atoms with Gasteiger partial charge in [-0.25, -0.2) is 4.98 Å². The zero-order valence-corrected chi connectivity index (χ0v) is 17.2. The monoisotopic (exact) mass is 416 g/mol. The van der Waals surface area contributed by atoms with Crippen LogP contribution < -0.4 is 14.8 Å². The Bertz CT molecular complexity index is 927. The van der Waals surface area contributed by atoms with Crippen molar-refractivity contribution in [3.05, 3.63) is 70.2 Å². The lowest BCUT2D eigenvalue weighted by Gasteiger charge is -2.16.